The molecule has 2 amide bonds. The minimum atomic E-state index is -0.190. The molecule has 0 aliphatic heterocycles. The van der Waals surface area contributed by atoms with Crippen LogP contribution in [-0.4, -0.2) is 18.9 Å². The fourth-order valence-corrected chi connectivity index (χ4v) is 4.66. The molecule has 4 rings (SSSR count). The van der Waals surface area contributed by atoms with Crippen molar-refractivity contribution in [2.45, 2.75) is 32.1 Å². The molecule has 2 aliphatic rings. The normalized spacial score (nSPS) is 22.7. The highest BCUT2D eigenvalue weighted by Gasteiger charge is 2.40. The van der Waals surface area contributed by atoms with E-state index < -0.39 is 0 Å². The van der Waals surface area contributed by atoms with Gasteiger partial charge in [-0.2, -0.15) is 0 Å². The van der Waals surface area contributed by atoms with Gasteiger partial charge < -0.3 is 15.4 Å². The highest BCUT2D eigenvalue weighted by molar-refractivity contribution is 6.04. The van der Waals surface area contributed by atoms with Gasteiger partial charge in [0.15, 0.2) is 0 Å². The van der Waals surface area contributed by atoms with Crippen LogP contribution in [0.5, 0.6) is 5.75 Å². The van der Waals surface area contributed by atoms with Gasteiger partial charge in [0, 0.05) is 23.4 Å². The second-order valence-corrected chi connectivity index (χ2v) is 7.95. The first-order valence-corrected chi connectivity index (χ1v) is 9.96. The largest absolute Gasteiger partial charge is 0.497 e. The van der Waals surface area contributed by atoms with Gasteiger partial charge in [-0.1, -0.05) is 6.42 Å². The predicted octanol–water partition coefficient (Wildman–Crippen LogP) is 4.71. The molecular weight excluding hydrogens is 352 g/mol. The molecule has 0 saturated heterocycles. The first-order valence-electron chi connectivity index (χ1n) is 9.96. The average Bonchev–Trinajstić information content (AvgIpc) is 3.32. The summed E-state index contributed by atoms with van der Waals surface area (Å²) in [5.41, 5.74) is 1.98. The van der Waals surface area contributed by atoms with Crippen LogP contribution in [0.1, 0.15) is 42.5 Å². The number of methoxy groups -OCH3 is 1. The lowest BCUT2D eigenvalue weighted by atomic mass is 9.86. The number of rotatable bonds is 6. The van der Waals surface area contributed by atoms with Crippen LogP contribution >= 0.6 is 0 Å². The van der Waals surface area contributed by atoms with E-state index in [0.29, 0.717) is 23.6 Å². The molecule has 2 aliphatic carbocycles. The highest BCUT2D eigenvalue weighted by atomic mass is 16.5. The van der Waals surface area contributed by atoms with Crippen molar-refractivity contribution in [3.8, 4) is 5.75 Å². The van der Waals surface area contributed by atoms with Crippen LogP contribution in [0.2, 0.25) is 0 Å². The molecule has 2 aromatic rings. The van der Waals surface area contributed by atoms with Crippen LogP contribution < -0.4 is 15.4 Å². The molecule has 28 heavy (non-hydrogen) atoms. The van der Waals surface area contributed by atoms with Gasteiger partial charge in [0.05, 0.1) is 7.11 Å². The summed E-state index contributed by atoms with van der Waals surface area (Å²) in [6.07, 6.45) is 5.78. The molecule has 2 fully saturated rings. The summed E-state index contributed by atoms with van der Waals surface area (Å²) in [5.74, 6) is 2.78. The van der Waals surface area contributed by atoms with E-state index in [1.165, 1.54) is 25.7 Å². The van der Waals surface area contributed by atoms with Gasteiger partial charge in [0.2, 0.25) is 5.91 Å². The molecule has 3 atom stereocenters. The maximum atomic E-state index is 12.4. The molecule has 2 N–H and O–H groups in total. The summed E-state index contributed by atoms with van der Waals surface area (Å²) in [6, 6.07) is 14.2. The topological polar surface area (TPSA) is 67.4 Å². The number of carbonyl (C=O) groups is 2. The van der Waals surface area contributed by atoms with E-state index in [1.807, 2.05) is 0 Å². The van der Waals surface area contributed by atoms with Crippen molar-refractivity contribution in [2.75, 3.05) is 17.7 Å². The maximum absolute atomic E-state index is 12.4. The number of amides is 2. The van der Waals surface area contributed by atoms with Crippen LogP contribution in [0.4, 0.5) is 11.4 Å². The molecule has 146 valence electrons. The minimum Gasteiger partial charge on any atom is -0.497 e. The summed E-state index contributed by atoms with van der Waals surface area (Å²) in [6.45, 7) is 0. The van der Waals surface area contributed by atoms with Crippen LogP contribution in [0, 0.1) is 17.8 Å². The maximum Gasteiger partial charge on any atom is 0.255 e. The second-order valence-electron chi connectivity index (χ2n) is 7.95. The zero-order valence-corrected chi connectivity index (χ0v) is 16.1. The fourth-order valence-electron chi connectivity index (χ4n) is 4.66. The molecule has 0 aromatic heterocycles. The smallest absolute Gasteiger partial charge is 0.255 e. The zero-order chi connectivity index (χ0) is 19.5. The van der Waals surface area contributed by atoms with Gasteiger partial charge in [-0.15, -0.1) is 0 Å². The zero-order valence-electron chi connectivity index (χ0n) is 16.1. The summed E-state index contributed by atoms with van der Waals surface area (Å²) in [5, 5.41) is 5.82. The van der Waals surface area contributed by atoms with Gasteiger partial charge in [0.25, 0.3) is 5.91 Å². The number of hydrogen-bond acceptors (Lipinski definition) is 3. The van der Waals surface area contributed by atoms with E-state index in [4.69, 9.17) is 4.74 Å². The van der Waals surface area contributed by atoms with E-state index in [0.717, 1.165) is 23.3 Å². The van der Waals surface area contributed by atoms with E-state index in [-0.39, 0.29) is 11.8 Å². The molecule has 0 heterocycles. The first kappa shape index (κ1) is 18.5. The van der Waals surface area contributed by atoms with E-state index in [1.54, 1.807) is 55.6 Å². The quantitative estimate of drug-likeness (QED) is 0.765. The second kappa shape index (κ2) is 8.05. The highest BCUT2D eigenvalue weighted by Crippen LogP contribution is 2.49. The lowest BCUT2D eigenvalue weighted by Gasteiger charge is -2.20. The van der Waals surface area contributed by atoms with Crippen LogP contribution in [0.3, 0.4) is 0 Å². The van der Waals surface area contributed by atoms with Gasteiger partial charge in [0.1, 0.15) is 5.75 Å². The summed E-state index contributed by atoms with van der Waals surface area (Å²) < 4.78 is 5.11. The van der Waals surface area contributed by atoms with E-state index in [2.05, 4.69) is 10.6 Å². The molecule has 2 bridgehead atoms. The molecule has 0 radical (unpaired) electrons. The number of anilines is 2. The molecule has 5 heteroatoms. The predicted molar refractivity (Wildman–Crippen MR) is 110 cm³/mol. The third kappa shape index (κ3) is 4.19. The molecule has 2 aromatic carbocycles. The number of ether oxygens (including phenoxy) is 1. The fraction of sp³-hybridized carbons (Fsp3) is 0.391. The van der Waals surface area contributed by atoms with Crippen molar-refractivity contribution in [2.24, 2.45) is 17.8 Å². The molecule has 2 saturated carbocycles. The molecular formula is C23H26N2O3. The SMILES string of the molecule is COc1ccc(NC(=O)c2ccc(NC(=O)C[C@@H]3C[C@@H]4CC[C@@H]3C4)cc2)cc1. The van der Waals surface area contributed by atoms with Crippen molar-refractivity contribution in [3.63, 3.8) is 0 Å². The van der Waals surface area contributed by atoms with Crippen molar-refractivity contribution in [3.05, 3.63) is 54.1 Å². The Morgan fingerprint density at radius 3 is 2.21 bits per heavy atom. The number of hydrogen-bond donors (Lipinski definition) is 2. The molecule has 5 nitrogen and oxygen atoms in total. The average molecular weight is 378 g/mol. The summed E-state index contributed by atoms with van der Waals surface area (Å²) in [4.78, 5) is 24.7. The third-order valence-corrected chi connectivity index (χ3v) is 6.11. The Labute approximate surface area is 165 Å². The summed E-state index contributed by atoms with van der Waals surface area (Å²) in [7, 11) is 1.60. The Bertz CT molecular complexity index is 845. The number of carbonyl (C=O) groups excluding carboxylic acids is 2. The Morgan fingerprint density at radius 1 is 0.929 bits per heavy atom. The van der Waals surface area contributed by atoms with Gasteiger partial charge >= 0.3 is 0 Å². The van der Waals surface area contributed by atoms with Crippen molar-refractivity contribution in [1.82, 2.24) is 0 Å². The Balaban J connectivity index is 1.30. The lowest BCUT2D eigenvalue weighted by molar-refractivity contribution is -0.117. The van der Waals surface area contributed by atoms with Gasteiger partial charge in [-0.3, -0.25) is 9.59 Å². The van der Waals surface area contributed by atoms with Crippen LogP contribution in [0.15, 0.2) is 48.5 Å². The molecule has 0 spiro atoms. The molecule has 0 unspecified atom stereocenters. The number of fused-ring (bicyclic) bond motifs is 2. The van der Waals surface area contributed by atoms with Crippen LogP contribution in [-0.2, 0) is 4.79 Å². The van der Waals surface area contributed by atoms with E-state index >= 15 is 0 Å². The minimum absolute atomic E-state index is 0.0768. The lowest BCUT2D eigenvalue weighted by Crippen LogP contribution is -2.20. The van der Waals surface area contributed by atoms with Crippen molar-refractivity contribution >= 4 is 23.2 Å². The van der Waals surface area contributed by atoms with E-state index in [9.17, 15) is 9.59 Å². The standard InChI is InChI=1S/C23H26N2O3/c1-28-21-10-8-20(9-11-21)25-23(27)16-4-6-19(7-5-16)24-22(26)14-18-13-15-2-3-17(18)12-15/h4-11,15,17-18H,2-3,12-14H2,1H3,(H,24,26)(H,25,27)/t15-,17-,18+/m1/s1. The Hall–Kier alpha value is -2.82. The first-order chi connectivity index (χ1) is 13.6. The monoisotopic (exact) mass is 378 g/mol. The third-order valence-electron chi connectivity index (χ3n) is 6.11. The van der Waals surface area contributed by atoms with Crippen molar-refractivity contribution in [1.29, 1.82) is 0 Å². The number of nitrogens with one attached hydrogen (secondary N) is 2. The Morgan fingerprint density at radius 2 is 1.61 bits per heavy atom. The van der Waals surface area contributed by atoms with Crippen LogP contribution in [0.25, 0.3) is 0 Å². The van der Waals surface area contributed by atoms with Gasteiger partial charge in [-0.25, -0.2) is 0 Å². The van der Waals surface area contributed by atoms with Gasteiger partial charge in [-0.05, 0) is 85.5 Å². The Kier molecular flexibility index (Phi) is 5.33. The number of benzene rings is 2. The van der Waals surface area contributed by atoms with Crippen molar-refractivity contribution < 1.29 is 14.3 Å². The summed E-state index contributed by atoms with van der Waals surface area (Å²) >= 11 is 0.